The lowest BCUT2D eigenvalue weighted by Crippen LogP contribution is -2.40. The number of amides is 1. The minimum Gasteiger partial charge on any atom is -0.373 e. The Morgan fingerprint density at radius 1 is 1.29 bits per heavy atom. The second kappa shape index (κ2) is 6.71. The molecule has 5 nitrogen and oxygen atoms in total. The first-order valence-corrected chi connectivity index (χ1v) is 9.07. The van der Waals surface area contributed by atoms with E-state index < -0.39 is 0 Å². The molecule has 2 aliphatic rings. The van der Waals surface area contributed by atoms with Crippen LogP contribution in [0, 0.1) is 0 Å². The second-order valence-corrected chi connectivity index (χ2v) is 7.62. The van der Waals surface area contributed by atoms with Crippen LogP contribution in [-0.4, -0.2) is 28.7 Å². The molecule has 1 N–H and O–H groups in total. The van der Waals surface area contributed by atoms with E-state index in [1.807, 2.05) is 19.9 Å². The summed E-state index contributed by atoms with van der Waals surface area (Å²) in [6, 6.07) is 3.53. The topological polar surface area (TPSA) is 60.3 Å². The van der Waals surface area contributed by atoms with Crippen molar-refractivity contribution >= 4 is 5.91 Å². The molecule has 1 aromatic heterocycles. The first-order chi connectivity index (χ1) is 11.4. The summed E-state index contributed by atoms with van der Waals surface area (Å²) in [5, 5.41) is 3.01. The van der Waals surface area contributed by atoms with E-state index >= 15 is 0 Å². The van der Waals surface area contributed by atoms with Crippen LogP contribution in [0.3, 0.4) is 0 Å². The average Bonchev–Trinajstić information content (AvgIpc) is 2.92. The standard InChI is InChI=1S/C19H28N2O3/c1-13(2)16-8-7-15(18(23)21(16)3)17(22)20-14-11-19(24-12-14)9-5-4-6-10-19/h7-8,13-14H,4-6,9-12H2,1-3H3,(H,20,22)/t14-/m0/s1. The number of nitrogens with zero attached hydrogens (tertiary/aromatic N) is 1. The number of aromatic nitrogens is 1. The SMILES string of the molecule is CC(C)c1ccc(C(=O)N[C@@H]2COC3(CCCCC3)C2)c(=O)n1C. The highest BCUT2D eigenvalue weighted by Gasteiger charge is 2.41. The normalized spacial score (nSPS) is 22.9. The van der Waals surface area contributed by atoms with Gasteiger partial charge in [-0.1, -0.05) is 33.1 Å². The number of carbonyl (C=O) groups is 1. The predicted molar refractivity (Wildman–Crippen MR) is 93.4 cm³/mol. The predicted octanol–water partition coefficient (Wildman–Crippen LogP) is 2.73. The van der Waals surface area contributed by atoms with Gasteiger partial charge in [-0.3, -0.25) is 9.59 Å². The number of hydrogen-bond acceptors (Lipinski definition) is 3. The lowest BCUT2D eigenvalue weighted by Gasteiger charge is -2.32. The molecule has 0 aromatic carbocycles. The second-order valence-electron chi connectivity index (χ2n) is 7.62. The summed E-state index contributed by atoms with van der Waals surface area (Å²) in [4.78, 5) is 25.0. The quantitative estimate of drug-likeness (QED) is 0.926. The van der Waals surface area contributed by atoms with Crippen molar-refractivity contribution in [2.75, 3.05) is 6.61 Å². The molecule has 24 heavy (non-hydrogen) atoms. The van der Waals surface area contributed by atoms with Crippen molar-refractivity contribution in [3.05, 3.63) is 33.7 Å². The number of hydrogen-bond donors (Lipinski definition) is 1. The van der Waals surface area contributed by atoms with Crippen LogP contribution in [0.2, 0.25) is 0 Å². The van der Waals surface area contributed by atoms with E-state index in [-0.39, 0.29) is 34.6 Å². The summed E-state index contributed by atoms with van der Waals surface area (Å²) in [6.07, 6.45) is 6.73. The lowest BCUT2D eigenvalue weighted by atomic mass is 9.82. The van der Waals surface area contributed by atoms with E-state index in [4.69, 9.17) is 4.74 Å². The van der Waals surface area contributed by atoms with Crippen LogP contribution in [0.25, 0.3) is 0 Å². The Labute approximate surface area is 143 Å². The maximum absolute atomic E-state index is 12.5. The first-order valence-electron chi connectivity index (χ1n) is 9.07. The van der Waals surface area contributed by atoms with Gasteiger partial charge in [0.05, 0.1) is 18.2 Å². The maximum Gasteiger partial charge on any atom is 0.263 e. The molecule has 0 unspecified atom stereocenters. The van der Waals surface area contributed by atoms with Gasteiger partial charge in [0.1, 0.15) is 5.56 Å². The van der Waals surface area contributed by atoms with Gasteiger partial charge in [0.2, 0.25) is 0 Å². The average molecular weight is 332 g/mol. The van der Waals surface area contributed by atoms with E-state index in [2.05, 4.69) is 5.32 Å². The molecular weight excluding hydrogens is 304 g/mol. The number of carbonyl (C=O) groups excluding carboxylic acids is 1. The number of ether oxygens (including phenoxy) is 1. The van der Waals surface area contributed by atoms with Crippen molar-refractivity contribution in [2.24, 2.45) is 7.05 Å². The zero-order chi connectivity index (χ0) is 17.3. The van der Waals surface area contributed by atoms with E-state index in [9.17, 15) is 9.59 Å². The zero-order valence-electron chi connectivity index (χ0n) is 14.9. The Kier molecular flexibility index (Phi) is 4.81. The summed E-state index contributed by atoms with van der Waals surface area (Å²) < 4.78 is 7.61. The van der Waals surface area contributed by atoms with Crippen LogP contribution in [0.5, 0.6) is 0 Å². The molecule has 1 atom stereocenters. The molecule has 0 bridgehead atoms. The Morgan fingerprint density at radius 3 is 2.67 bits per heavy atom. The first kappa shape index (κ1) is 17.2. The van der Waals surface area contributed by atoms with Gasteiger partial charge in [0.15, 0.2) is 0 Å². The van der Waals surface area contributed by atoms with E-state index in [0.717, 1.165) is 25.0 Å². The molecule has 3 rings (SSSR count). The summed E-state index contributed by atoms with van der Waals surface area (Å²) >= 11 is 0. The molecule has 1 aliphatic heterocycles. The van der Waals surface area contributed by atoms with Crippen LogP contribution in [0.1, 0.15) is 74.3 Å². The zero-order valence-corrected chi connectivity index (χ0v) is 14.9. The molecule has 1 saturated heterocycles. The minimum atomic E-state index is -0.285. The summed E-state index contributed by atoms with van der Waals surface area (Å²) in [5.41, 5.74) is 0.876. The van der Waals surface area contributed by atoms with Gasteiger partial charge in [-0.05, 0) is 37.3 Å². The highest BCUT2D eigenvalue weighted by atomic mass is 16.5. The smallest absolute Gasteiger partial charge is 0.263 e. The Balaban J connectivity index is 1.70. The van der Waals surface area contributed by atoms with Gasteiger partial charge in [0, 0.05) is 12.7 Å². The third-order valence-corrected chi connectivity index (χ3v) is 5.49. The molecule has 132 valence electrons. The van der Waals surface area contributed by atoms with Gasteiger partial charge in [-0.2, -0.15) is 0 Å². The number of pyridine rings is 1. The van der Waals surface area contributed by atoms with Gasteiger partial charge in [-0.15, -0.1) is 0 Å². The van der Waals surface area contributed by atoms with Crippen LogP contribution >= 0.6 is 0 Å². The van der Waals surface area contributed by atoms with E-state index in [1.165, 1.54) is 19.3 Å². The van der Waals surface area contributed by atoms with Gasteiger partial charge < -0.3 is 14.6 Å². The van der Waals surface area contributed by atoms with Crippen molar-refractivity contribution in [1.82, 2.24) is 9.88 Å². The molecule has 1 aliphatic carbocycles. The highest BCUT2D eigenvalue weighted by molar-refractivity contribution is 5.94. The van der Waals surface area contributed by atoms with E-state index in [1.54, 1.807) is 17.7 Å². The Bertz CT molecular complexity index is 672. The van der Waals surface area contributed by atoms with E-state index in [0.29, 0.717) is 6.61 Å². The summed E-state index contributed by atoms with van der Waals surface area (Å²) in [6.45, 7) is 4.62. The lowest BCUT2D eigenvalue weighted by molar-refractivity contribution is -0.0246. The molecular formula is C19H28N2O3. The van der Waals surface area contributed by atoms with Gasteiger partial charge in [-0.25, -0.2) is 0 Å². The Hall–Kier alpha value is -1.62. The van der Waals surface area contributed by atoms with Crippen LogP contribution < -0.4 is 10.9 Å². The van der Waals surface area contributed by atoms with Crippen molar-refractivity contribution in [3.8, 4) is 0 Å². The molecule has 1 saturated carbocycles. The molecule has 0 radical (unpaired) electrons. The third-order valence-electron chi connectivity index (χ3n) is 5.49. The monoisotopic (exact) mass is 332 g/mol. The molecule has 2 fully saturated rings. The van der Waals surface area contributed by atoms with Crippen molar-refractivity contribution < 1.29 is 9.53 Å². The molecule has 1 amide bonds. The van der Waals surface area contributed by atoms with Crippen molar-refractivity contribution in [1.29, 1.82) is 0 Å². The molecule has 5 heteroatoms. The van der Waals surface area contributed by atoms with Crippen LogP contribution in [-0.2, 0) is 11.8 Å². The van der Waals surface area contributed by atoms with Gasteiger partial charge >= 0.3 is 0 Å². The van der Waals surface area contributed by atoms with Crippen molar-refractivity contribution in [2.45, 2.75) is 69.9 Å². The number of rotatable bonds is 3. The molecule has 2 heterocycles. The number of nitrogens with one attached hydrogen (secondary N) is 1. The highest BCUT2D eigenvalue weighted by Crippen LogP contribution is 2.39. The third kappa shape index (κ3) is 3.27. The fraction of sp³-hybridized carbons (Fsp3) is 0.684. The minimum absolute atomic E-state index is 0.00471. The Morgan fingerprint density at radius 2 is 2.00 bits per heavy atom. The largest absolute Gasteiger partial charge is 0.373 e. The summed E-state index contributed by atoms with van der Waals surface area (Å²) in [7, 11) is 1.73. The maximum atomic E-state index is 12.5. The molecule has 1 aromatic rings. The van der Waals surface area contributed by atoms with Gasteiger partial charge in [0.25, 0.3) is 11.5 Å². The fourth-order valence-electron chi connectivity index (χ4n) is 4.15. The molecule has 1 spiro atoms. The van der Waals surface area contributed by atoms with Crippen LogP contribution in [0.4, 0.5) is 0 Å². The fourth-order valence-corrected chi connectivity index (χ4v) is 4.15. The van der Waals surface area contributed by atoms with Crippen LogP contribution in [0.15, 0.2) is 16.9 Å². The summed E-state index contributed by atoms with van der Waals surface area (Å²) in [5.74, 6) is -0.0402. The van der Waals surface area contributed by atoms with Crippen molar-refractivity contribution in [3.63, 3.8) is 0 Å².